The Morgan fingerprint density at radius 1 is 1.47 bits per heavy atom. The van der Waals surface area contributed by atoms with Gasteiger partial charge in [-0.1, -0.05) is 0 Å². The molecule has 86 valence electrons. The maximum Gasteiger partial charge on any atom is 0.0994 e. The van der Waals surface area contributed by atoms with Gasteiger partial charge in [0.1, 0.15) is 0 Å². The van der Waals surface area contributed by atoms with Crippen molar-refractivity contribution in [2.75, 3.05) is 13.1 Å². The van der Waals surface area contributed by atoms with Crippen LogP contribution in [0, 0.1) is 18.3 Å². The van der Waals surface area contributed by atoms with Gasteiger partial charge in [0.25, 0.3) is 0 Å². The Labute approximate surface area is 108 Å². The molecule has 1 aromatic heterocycles. The summed E-state index contributed by atoms with van der Waals surface area (Å²) in [5.74, 6) is 0. The van der Waals surface area contributed by atoms with Crippen molar-refractivity contribution in [3.63, 3.8) is 0 Å². The van der Waals surface area contributed by atoms with E-state index in [1.54, 1.807) is 0 Å². The first-order chi connectivity index (χ1) is 8.20. The van der Waals surface area contributed by atoms with E-state index in [1.165, 1.54) is 5.52 Å². The van der Waals surface area contributed by atoms with Crippen LogP contribution >= 0.6 is 15.9 Å². The average Bonchev–Trinajstić information content (AvgIpc) is 2.52. The summed E-state index contributed by atoms with van der Waals surface area (Å²) in [7, 11) is 0. The molecule has 2 aromatic rings. The van der Waals surface area contributed by atoms with Crippen molar-refractivity contribution in [2.45, 2.75) is 13.0 Å². The van der Waals surface area contributed by atoms with E-state index in [0.29, 0.717) is 6.04 Å². The largest absolute Gasteiger partial charge is 0.341 e. The Hall–Kier alpha value is -1.31. The fraction of sp³-hybridized carbons (Fsp3) is 0.308. The zero-order valence-electron chi connectivity index (χ0n) is 9.50. The van der Waals surface area contributed by atoms with E-state index in [9.17, 15) is 0 Å². The normalized spacial score (nSPS) is 15.8. The Morgan fingerprint density at radius 3 is 2.82 bits per heavy atom. The topological polar surface area (TPSA) is 40.8 Å². The number of nitriles is 1. The van der Waals surface area contributed by atoms with Gasteiger partial charge >= 0.3 is 0 Å². The molecule has 17 heavy (non-hydrogen) atoms. The molecule has 0 bridgehead atoms. The second-order valence-corrected chi connectivity index (χ2v) is 5.35. The highest BCUT2D eigenvalue weighted by Gasteiger charge is 2.21. The molecule has 1 saturated heterocycles. The van der Waals surface area contributed by atoms with Crippen LogP contribution in [0.25, 0.3) is 10.9 Å². The molecule has 1 aliphatic rings. The van der Waals surface area contributed by atoms with Crippen molar-refractivity contribution in [3.8, 4) is 6.07 Å². The maximum atomic E-state index is 9.06. The summed E-state index contributed by atoms with van der Waals surface area (Å²) >= 11 is 3.58. The highest BCUT2D eigenvalue weighted by Crippen LogP contribution is 2.31. The molecule has 0 aliphatic carbocycles. The third kappa shape index (κ3) is 1.58. The highest BCUT2D eigenvalue weighted by molar-refractivity contribution is 9.10. The predicted molar refractivity (Wildman–Crippen MR) is 71.0 cm³/mol. The van der Waals surface area contributed by atoms with Crippen LogP contribution in [0.5, 0.6) is 0 Å². The van der Waals surface area contributed by atoms with Gasteiger partial charge in [0.15, 0.2) is 0 Å². The van der Waals surface area contributed by atoms with Crippen molar-refractivity contribution in [2.24, 2.45) is 0 Å². The number of halogens is 1. The third-order valence-corrected chi connectivity index (χ3v) is 4.04. The zero-order chi connectivity index (χ0) is 12.0. The lowest BCUT2D eigenvalue weighted by Gasteiger charge is -2.29. The van der Waals surface area contributed by atoms with Gasteiger partial charge in [0.05, 0.1) is 17.7 Å². The molecule has 0 radical (unpaired) electrons. The molecule has 1 aliphatic heterocycles. The van der Waals surface area contributed by atoms with Crippen LogP contribution in [0.15, 0.2) is 22.8 Å². The molecule has 1 N–H and O–H groups in total. The molecular formula is C13H12BrN3. The minimum absolute atomic E-state index is 0.538. The van der Waals surface area contributed by atoms with E-state index in [4.69, 9.17) is 5.26 Å². The number of aryl methyl sites for hydroxylation is 1. The van der Waals surface area contributed by atoms with Crippen molar-refractivity contribution in [3.05, 3.63) is 33.9 Å². The maximum absolute atomic E-state index is 9.06. The molecule has 0 unspecified atom stereocenters. The van der Waals surface area contributed by atoms with Gasteiger partial charge in [0.2, 0.25) is 0 Å². The summed E-state index contributed by atoms with van der Waals surface area (Å²) in [5.41, 5.74) is 3.00. The molecule has 1 aromatic carbocycles. The first-order valence-electron chi connectivity index (χ1n) is 5.62. The number of aromatic nitrogens is 1. The Kier molecular flexibility index (Phi) is 2.46. The molecular weight excluding hydrogens is 278 g/mol. The van der Waals surface area contributed by atoms with Crippen LogP contribution in [0.2, 0.25) is 0 Å². The molecule has 4 heteroatoms. The third-order valence-electron chi connectivity index (χ3n) is 3.40. The summed E-state index contributed by atoms with van der Waals surface area (Å²) in [6.45, 7) is 4.03. The van der Waals surface area contributed by atoms with E-state index in [0.717, 1.165) is 34.1 Å². The van der Waals surface area contributed by atoms with Crippen molar-refractivity contribution in [1.29, 1.82) is 5.26 Å². The monoisotopic (exact) mass is 289 g/mol. The molecule has 3 nitrogen and oxygen atoms in total. The Bertz CT molecular complexity index is 632. The van der Waals surface area contributed by atoms with E-state index >= 15 is 0 Å². The number of hydrogen-bond donors (Lipinski definition) is 1. The van der Waals surface area contributed by atoms with E-state index in [2.05, 4.69) is 44.1 Å². The molecule has 3 rings (SSSR count). The van der Waals surface area contributed by atoms with Gasteiger partial charge in [-0.05, 0) is 40.5 Å². The molecule has 1 fully saturated rings. The lowest BCUT2D eigenvalue weighted by Crippen LogP contribution is -2.43. The number of benzene rings is 1. The van der Waals surface area contributed by atoms with Gasteiger partial charge in [-0.15, -0.1) is 0 Å². The zero-order valence-corrected chi connectivity index (χ0v) is 11.1. The number of nitrogens with one attached hydrogen (secondary N) is 1. The summed E-state index contributed by atoms with van der Waals surface area (Å²) in [5, 5.41) is 13.5. The first-order valence-corrected chi connectivity index (χ1v) is 6.41. The lowest BCUT2D eigenvalue weighted by atomic mass is 10.1. The molecule has 0 saturated carbocycles. The van der Waals surface area contributed by atoms with E-state index in [-0.39, 0.29) is 0 Å². The molecule has 0 amide bonds. The number of rotatable bonds is 1. The van der Waals surface area contributed by atoms with Crippen LogP contribution in [0.4, 0.5) is 0 Å². The van der Waals surface area contributed by atoms with Crippen molar-refractivity contribution in [1.82, 2.24) is 9.88 Å². The van der Waals surface area contributed by atoms with Crippen LogP contribution in [-0.2, 0) is 0 Å². The number of hydrogen-bond acceptors (Lipinski definition) is 2. The Morgan fingerprint density at radius 2 is 2.24 bits per heavy atom. The molecule has 2 heterocycles. The number of nitrogens with zero attached hydrogens (tertiary/aromatic N) is 2. The summed E-state index contributed by atoms with van der Waals surface area (Å²) in [6, 6.07) is 6.85. The highest BCUT2D eigenvalue weighted by atomic mass is 79.9. The van der Waals surface area contributed by atoms with E-state index in [1.807, 2.05) is 13.0 Å². The van der Waals surface area contributed by atoms with Gasteiger partial charge in [-0.25, -0.2) is 0 Å². The second-order valence-electron chi connectivity index (χ2n) is 4.49. The van der Waals surface area contributed by atoms with Crippen molar-refractivity contribution >= 4 is 26.8 Å². The van der Waals surface area contributed by atoms with Crippen LogP contribution in [0.1, 0.15) is 17.2 Å². The average molecular weight is 290 g/mol. The molecule has 0 atom stereocenters. The number of fused-ring (bicyclic) bond motifs is 1. The fourth-order valence-corrected chi connectivity index (χ4v) is 2.79. The first kappa shape index (κ1) is 10.8. The molecule has 0 spiro atoms. The summed E-state index contributed by atoms with van der Waals surface area (Å²) in [4.78, 5) is 0. The SMILES string of the molecule is Cc1cc2c(cc1C#N)c(Br)cn2C1CNC1. The van der Waals surface area contributed by atoms with Crippen LogP contribution in [-0.4, -0.2) is 17.7 Å². The van der Waals surface area contributed by atoms with Gasteiger partial charge in [-0.2, -0.15) is 5.26 Å². The quantitative estimate of drug-likeness (QED) is 0.877. The van der Waals surface area contributed by atoms with Gasteiger partial charge < -0.3 is 9.88 Å². The minimum Gasteiger partial charge on any atom is -0.341 e. The smallest absolute Gasteiger partial charge is 0.0994 e. The van der Waals surface area contributed by atoms with Crippen LogP contribution in [0.3, 0.4) is 0 Å². The van der Waals surface area contributed by atoms with Gasteiger partial charge in [0, 0.05) is 34.7 Å². The predicted octanol–water partition coefficient (Wildman–Crippen LogP) is 2.73. The summed E-state index contributed by atoms with van der Waals surface area (Å²) in [6.07, 6.45) is 2.12. The lowest BCUT2D eigenvalue weighted by molar-refractivity contribution is 0.351. The fourth-order valence-electron chi connectivity index (χ4n) is 2.25. The Balaban J connectivity index is 2.26. The van der Waals surface area contributed by atoms with E-state index < -0.39 is 0 Å². The standard InChI is InChI=1S/C13H12BrN3/c1-8-2-13-11(3-9(8)4-15)12(14)7-17(13)10-5-16-6-10/h2-3,7,10,16H,5-6H2,1H3. The van der Waals surface area contributed by atoms with Gasteiger partial charge in [-0.3, -0.25) is 0 Å². The van der Waals surface area contributed by atoms with Crippen LogP contribution < -0.4 is 5.32 Å². The second kappa shape index (κ2) is 3.86. The summed E-state index contributed by atoms with van der Waals surface area (Å²) < 4.78 is 3.36. The minimum atomic E-state index is 0.538. The van der Waals surface area contributed by atoms with Crippen molar-refractivity contribution < 1.29 is 0 Å².